The molecule has 5 aromatic rings. The molecule has 0 saturated carbocycles. The lowest BCUT2D eigenvalue weighted by Gasteiger charge is -2.23. The number of nitrogens with one attached hydrogen (secondary N) is 2. The Balaban J connectivity index is 1.60. The van der Waals surface area contributed by atoms with Gasteiger partial charge in [-0.3, -0.25) is 13.7 Å². The minimum absolute atomic E-state index is 0.121. The first-order chi connectivity index (χ1) is 25.8. The van der Waals surface area contributed by atoms with E-state index in [9.17, 15) is 38.9 Å². The van der Waals surface area contributed by atoms with Gasteiger partial charge in [-0.05, 0) is 120 Å². The predicted molar refractivity (Wildman–Crippen MR) is 216 cm³/mol. The second-order valence-electron chi connectivity index (χ2n) is 13.4. The number of anilines is 4. The summed E-state index contributed by atoms with van der Waals surface area (Å²) in [6.45, 7) is 10.9. The Kier molecular flexibility index (Phi) is 12.3. The van der Waals surface area contributed by atoms with Gasteiger partial charge in [0, 0.05) is 28.7 Å². The van der Waals surface area contributed by atoms with E-state index in [1.54, 1.807) is 62.4 Å². The van der Waals surface area contributed by atoms with Gasteiger partial charge in [0.1, 0.15) is 9.79 Å². The summed E-state index contributed by atoms with van der Waals surface area (Å²) in [7, 11) is -13.6. The van der Waals surface area contributed by atoms with Crippen LogP contribution in [0.4, 0.5) is 22.7 Å². The van der Waals surface area contributed by atoms with Crippen molar-refractivity contribution in [2.75, 3.05) is 10.6 Å². The van der Waals surface area contributed by atoms with Gasteiger partial charge < -0.3 is 10.6 Å². The first-order valence-electron chi connectivity index (χ1n) is 17.9. The molecule has 0 unspecified atom stereocenters. The van der Waals surface area contributed by atoms with E-state index in [-0.39, 0.29) is 14.7 Å². The molecule has 11 nitrogen and oxygen atoms in total. The third kappa shape index (κ3) is 8.80. The van der Waals surface area contributed by atoms with E-state index in [0.717, 1.165) is 11.1 Å². The first-order valence-corrected chi connectivity index (χ1v) is 22.2. The molecule has 0 fully saturated rings. The average Bonchev–Trinajstić information content (AvgIpc) is 3.12. The maximum absolute atomic E-state index is 12.6. The molecule has 0 saturated heterocycles. The fraction of sp³-hybridized carbons (Fsp3) is 0.268. The lowest BCUT2D eigenvalue weighted by atomic mass is 9.85. The smallest absolute Gasteiger partial charge is 0.295 e. The van der Waals surface area contributed by atoms with E-state index < -0.39 is 36.3 Å². The third-order valence-electron chi connectivity index (χ3n) is 9.81. The van der Waals surface area contributed by atoms with Crippen LogP contribution in [0.25, 0.3) is 0 Å². The average molecular weight is 807 g/mol. The molecular weight excluding hydrogens is 761 g/mol. The zero-order chi connectivity index (χ0) is 40.5. The maximum Gasteiger partial charge on any atom is 0.295 e. The van der Waals surface area contributed by atoms with E-state index in [1.165, 1.54) is 12.1 Å². The number of aryl methyl sites for hydroxylation is 4. The van der Waals surface area contributed by atoms with E-state index in [4.69, 9.17) is 0 Å². The molecule has 5 rings (SSSR count). The zero-order valence-corrected chi connectivity index (χ0v) is 34.0. The first kappa shape index (κ1) is 41.6. The van der Waals surface area contributed by atoms with Crippen LogP contribution in [0.3, 0.4) is 0 Å². The summed E-state index contributed by atoms with van der Waals surface area (Å²) in [6.07, 6.45) is 1.89. The standard InChI is InChI=1S/C41H46N2O9S3/c1-7-27-23-25(5)40(54(47,48)49)33(9-3)38(27)42-31-19-15-29(16-20-31)37(35-13-11-12-14-36(35)53(44,45)46)30-17-21-32(22-18-30)43-39-28(8-2)24-26(6)41(34(39)10-4)55(50,51)52/h11-24,37,42-43H,7-10H2,1-6H3,(H,44,45,46)(H,47,48,49)(H,50,51,52). The van der Waals surface area contributed by atoms with Crippen LogP contribution in [-0.2, 0) is 56.0 Å². The van der Waals surface area contributed by atoms with Crippen molar-refractivity contribution in [3.8, 4) is 0 Å². The molecule has 0 spiro atoms. The van der Waals surface area contributed by atoms with Crippen LogP contribution in [0, 0.1) is 13.8 Å². The minimum Gasteiger partial charge on any atom is -0.355 e. The Morgan fingerprint density at radius 1 is 0.527 bits per heavy atom. The molecule has 0 heterocycles. The van der Waals surface area contributed by atoms with Crippen molar-refractivity contribution >= 4 is 53.1 Å². The van der Waals surface area contributed by atoms with Crippen molar-refractivity contribution in [3.05, 3.63) is 135 Å². The van der Waals surface area contributed by atoms with Crippen LogP contribution in [0.2, 0.25) is 0 Å². The Hall–Kier alpha value is -4.57. The Labute approximate surface area is 324 Å². The molecule has 292 valence electrons. The summed E-state index contributed by atoms with van der Waals surface area (Å²) in [5, 5.41) is 6.71. The fourth-order valence-electron chi connectivity index (χ4n) is 7.46. The van der Waals surface area contributed by atoms with Crippen LogP contribution < -0.4 is 10.6 Å². The van der Waals surface area contributed by atoms with Gasteiger partial charge in [0.25, 0.3) is 30.4 Å². The van der Waals surface area contributed by atoms with Gasteiger partial charge in [-0.15, -0.1) is 0 Å². The fourth-order valence-corrected chi connectivity index (χ4v) is 10.2. The van der Waals surface area contributed by atoms with E-state index in [0.29, 0.717) is 87.4 Å². The predicted octanol–water partition coefficient (Wildman–Crippen LogP) is 8.96. The summed E-state index contributed by atoms with van der Waals surface area (Å²) in [6, 6.07) is 24.1. The summed E-state index contributed by atoms with van der Waals surface area (Å²) in [5.74, 6) is -0.674. The number of benzene rings is 5. The molecule has 55 heavy (non-hydrogen) atoms. The molecule has 0 aliphatic carbocycles. The topological polar surface area (TPSA) is 187 Å². The Morgan fingerprint density at radius 3 is 1.24 bits per heavy atom. The molecule has 0 bridgehead atoms. The summed E-state index contributed by atoms with van der Waals surface area (Å²) < 4.78 is 105. The summed E-state index contributed by atoms with van der Waals surface area (Å²) in [4.78, 5) is -0.493. The highest BCUT2D eigenvalue weighted by atomic mass is 32.2. The Morgan fingerprint density at radius 2 is 0.909 bits per heavy atom. The van der Waals surface area contributed by atoms with Crippen molar-refractivity contribution in [1.82, 2.24) is 0 Å². The molecule has 0 radical (unpaired) electrons. The normalized spacial score (nSPS) is 12.3. The van der Waals surface area contributed by atoms with Crippen LogP contribution in [0.15, 0.2) is 99.6 Å². The largest absolute Gasteiger partial charge is 0.355 e. The van der Waals surface area contributed by atoms with Crippen molar-refractivity contribution in [3.63, 3.8) is 0 Å². The highest BCUT2D eigenvalue weighted by Crippen LogP contribution is 2.40. The van der Waals surface area contributed by atoms with Gasteiger partial charge in [0.2, 0.25) is 0 Å². The lowest BCUT2D eigenvalue weighted by molar-refractivity contribution is 0.479. The van der Waals surface area contributed by atoms with Gasteiger partial charge in [-0.2, -0.15) is 25.3 Å². The molecule has 5 aromatic carbocycles. The molecule has 14 heteroatoms. The number of hydrogen-bond donors (Lipinski definition) is 5. The number of hydrogen-bond acceptors (Lipinski definition) is 8. The van der Waals surface area contributed by atoms with Crippen LogP contribution >= 0.6 is 0 Å². The molecule has 5 N–H and O–H groups in total. The highest BCUT2D eigenvalue weighted by Gasteiger charge is 2.27. The molecule has 0 atom stereocenters. The van der Waals surface area contributed by atoms with Gasteiger partial charge in [0.15, 0.2) is 0 Å². The molecular formula is C41H46N2O9S3. The maximum atomic E-state index is 12.6. The minimum atomic E-state index is -4.63. The quantitative estimate of drug-likeness (QED) is 0.0533. The van der Waals surface area contributed by atoms with Gasteiger partial charge in [0.05, 0.1) is 4.90 Å². The third-order valence-corrected chi connectivity index (χ3v) is 12.9. The van der Waals surface area contributed by atoms with Crippen LogP contribution in [-0.4, -0.2) is 38.9 Å². The van der Waals surface area contributed by atoms with Gasteiger partial charge in [-0.25, -0.2) is 0 Å². The van der Waals surface area contributed by atoms with Crippen LogP contribution in [0.1, 0.15) is 83.7 Å². The van der Waals surface area contributed by atoms with Crippen LogP contribution in [0.5, 0.6) is 0 Å². The van der Waals surface area contributed by atoms with E-state index >= 15 is 0 Å². The van der Waals surface area contributed by atoms with Gasteiger partial charge >= 0.3 is 0 Å². The highest BCUT2D eigenvalue weighted by molar-refractivity contribution is 7.86. The monoisotopic (exact) mass is 806 g/mol. The SMILES string of the molecule is CCc1cc(C)c(S(=O)(=O)O)c(CC)c1Nc1ccc(C(c2ccc(Nc3c(CC)cc(C)c(S(=O)(=O)O)c3CC)cc2)c2ccccc2S(=O)(=O)O)cc1. The molecule has 0 aliphatic heterocycles. The molecule has 0 aliphatic rings. The van der Waals surface area contributed by atoms with Crippen molar-refractivity contribution in [2.24, 2.45) is 0 Å². The zero-order valence-electron chi connectivity index (χ0n) is 31.5. The second kappa shape index (κ2) is 16.3. The molecule has 0 aromatic heterocycles. The van der Waals surface area contributed by atoms with Crippen molar-refractivity contribution in [2.45, 2.75) is 87.8 Å². The number of rotatable bonds is 14. The molecule has 0 amide bonds. The van der Waals surface area contributed by atoms with E-state index in [1.807, 2.05) is 52.0 Å². The van der Waals surface area contributed by atoms with Gasteiger partial charge in [-0.1, -0.05) is 82.3 Å². The summed E-state index contributed by atoms with van der Waals surface area (Å²) in [5.41, 5.74) is 7.72. The summed E-state index contributed by atoms with van der Waals surface area (Å²) >= 11 is 0. The second-order valence-corrected chi connectivity index (χ2v) is 17.5. The lowest BCUT2D eigenvalue weighted by Crippen LogP contribution is -2.12. The van der Waals surface area contributed by atoms with Crippen molar-refractivity contribution < 1.29 is 38.9 Å². The van der Waals surface area contributed by atoms with E-state index in [2.05, 4.69) is 10.6 Å². The van der Waals surface area contributed by atoms with Crippen molar-refractivity contribution in [1.29, 1.82) is 0 Å². The Bertz CT molecular complexity index is 2430.